The van der Waals surface area contributed by atoms with Gasteiger partial charge in [-0.05, 0) is 37.9 Å². The lowest BCUT2D eigenvalue weighted by molar-refractivity contribution is -0.385. The number of nitrogens with two attached hydrogens (primary N) is 1. The van der Waals surface area contributed by atoms with Gasteiger partial charge in [-0.25, -0.2) is 0 Å². The summed E-state index contributed by atoms with van der Waals surface area (Å²) in [5, 5.41) is 11.6. The number of hydrogen-bond donors (Lipinski definition) is 1. The molecule has 1 aromatic carbocycles. The summed E-state index contributed by atoms with van der Waals surface area (Å²) in [5.74, 6) is 0.480. The number of likely N-dealkylation sites (tertiary alicyclic amines) is 1. The lowest BCUT2D eigenvalue weighted by atomic mass is 10.1. The van der Waals surface area contributed by atoms with Crippen molar-refractivity contribution in [3.63, 3.8) is 0 Å². The highest BCUT2D eigenvalue weighted by molar-refractivity contribution is 6.30. The van der Waals surface area contributed by atoms with Crippen molar-refractivity contribution in [1.82, 2.24) is 4.90 Å². The first-order chi connectivity index (χ1) is 9.01. The third-order valence-electron chi connectivity index (χ3n) is 3.74. The average Bonchev–Trinajstić information content (AvgIpc) is 2.70. The maximum atomic E-state index is 11.0. The number of halogens is 2. The molecule has 20 heavy (non-hydrogen) atoms. The van der Waals surface area contributed by atoms with Gasteiger partial charge in [-0.15, -0.1) is 12.4 Å². The Bertz CT molecular complexity index is 485. The van der Waals surface area contributed by atoms with Gasteiger partial charge < -0.3 is 5.73 Å². The van der Waals surface area contributed by atoms with Gasteiger partial charge in [0, 0.05) is 35.8 Å². The van der Waals surface area contributed by atoms with Gasteiger partial charge >= 0.3 is 0 Å². The number of rotatable bonds is 4. The molecule has 1 aliphatic heterocycles. The van der Waals surface area contributed by atoms with Crippen LogP contribution in [0.25, 0.3) is 0 Å². The van der Waals surface area contributed by atoms with Crippen molar-refractivity contribution in [3.8, 4) is 0 Å². The molecular weight excluding hydrogens is 301 g/mol. The van der Waals surface area contributed by atoms with Crippen LogP contribution in [0.3, 0.4) is 0 Å². The number of nitro groups is 1. The van der Waals surface area contributed by atoms with Crippen LogP contribution < -0.4 is 5.73 Å². The summed E-state index contributed by atoms with van der Waals surface area (Å²) >= 11 is 5.94. The molecule has 1 fully saturated rings. The van der Waals surface area contributed by atoms with Crippen LogP contribution in [0.15, 0.2) is 18.2 Å². The third kappa shape index (κ3) is 3.82. The summed E-state index contributed by atoms with van der Waals surface area (Å²) in [5.41, 5.74) is 6.50. The van der Waals surface area contributed by atoms with E-state index in [1.54, 1.807) is 12.1 Å². The van der Waals surface area contributed by atoms with E-state index < -0.39 is 0 Å². The number of hydrogen-bond acceptors (Lipinski definition) is 4. The minimum absolute atomic E-state index is 0. The van der Waals surface area contributed by atoms with Crippen molar-refractivity contribution < 1.29 is 4.92 Å². The van der Waals surface area contributed by atoms with Crippen molar-refractivity contribution in [2.24, 2.45) is 11.7 Å². The van der Waals surface area contributed by atoms with Gasteiger partial charge in [0.1, 0.15) is 0 Å². The van der Waals surface area contributed by atoms with Gasteiger partial charge in [-0.1, -0.05) is 11.6 Å². The van der Waals surface area contributed by atoms with E-state index in [0.717, 1.165) is 13.0 Å². The highest BCUT2D eigenvalue weighted by Gasteiger charge is 2.29. The minimum Gasteiger partial charge on any atom is -0.330 e. The molecule has 1 aromatic rings. The van der Waals surface area contributed by atoms with E-state index in [4.69, 9.17) is 17.3 Å². The fourth-order valence-electron chi connectivity index (χ4n) is 2.69. The molecule has 1 saturated heterocycles. The molecule has 0 radical (unpaired) electrons. The SMILES string of the molecule is CC1CC(CN)CN1Cc1cc(Cl)ccc1[N+](=O)[O-].Cl. The molecule has 0 amide bonds. The Morgan fingerprint density at radius 3 is 2.80 bits per heavy atom. The highest BCUT2D eigenvalue weighted by Crippen LogP contribution is 2.29. The van der Waals surface area contributed by atoms with E-state index in [1.807, 2.05) is 0 Å². The first kappa shape index (κ1) is 17.2. The van der Waals surface area contributed by atoms with Crippen LogP contribution in [-0.2, 0) is 6.54 Å². The molecule has 0 aromatic heterocycles. The zero-order chi connectivity index (χ0) is 14.0. The smallest absolute Gasteiger partial charge is 0.273 e. The molecule has 1 aliphatic rings. The topological polar surface area (TPSA) is 72.4 Å². The van der Waals surface area contributed by atoms with E-state index in [2.05, 4.69) is 11.8 Å². The number of benzene rings is 1. The van der Waals surface area contributed by atoms with Crippen LogP contribution in [0, 0.1) is 16.0 Å². The Hall–Kier alpha value is -0.880. The van der Waals surface area contributed by atoms with Crippen molar-refractivity contribution in [3.05, 3.63) is 38.9 Å². The summed E-state index contributed by atoms with van der Waals surface area (Å²) in [6.45, 7) is 4.24. The Morgan fingerprint density at radius 1 is 1.55 bits per heavy atom. The standard InChI is InChI=1S/C13H18ClN3O2.ClH/c1-9-4-10(6-15)7-16(9)8-11-5-12(14)2-3-13(11)17(18)19;/h2-3,5,9-10H,4,6-8,15H2,1H3;1H. The predicted octanol–water partition coefficient (Wildman–Crippen LogP) is 2.84. The van der Waals surface area contributed by atoms with Gasteiger partial charge in [0.2, 0.25) is 0 Å². The first-order valence-corrected chi connectivity index (χ1v) is 6.76. The maximum Gasteiger partial charge on any atom is 0.273 e. The largest absolute Gasteiger partial charge is 0.330 e. The zero-order valence-corrected chi connectivity index (χ0v) is 12.9. The second kappa shape index (κ2) is 7.22. The van der Waals surface area contributed by atoms with Crippen LogP contribution in [-0.4, -0.2) is 29.0 Å². The average molecular weight is 320 g/mol. The Morgan fingerprint density at radius 2 is 2.25 bits per heavy atom. The molecule has 0 aliphatic carbocycles. The summed E-state index contributed by atoms with van der Waals surface area (Å²) in [4.78, 5) is 12.9. The fraction of sp³-hybridized carbons (Fsp3) is 0.538. The van der Waals surface area contributed by atoms with E-state index in [0.29, 0.717) is 35.6 Å². The van der Waals surface area contributed by atoms with Crippen molar-refractivity contribution in [1.29, 1.82) is 0 Å². The molecule has 2 rings (SSSR count). The van der Waals surface area contributed by atoms with E-state index in [-0.39, 0.29) is 23.0 Å². The van der Waals surface area contributed by atoms with E-state index in [9.17, 15) is 10.1 Å². The zero-order valence-electron chi connectivity index (χ0n) is 11.3. The van der Waals surface area contributed by atoms with Crippen molar-refractivity contribution in [2.75, 3.05) is 13.1 Å². The molecule has 0 bridgehead atoms. The first-order valence-electron chi connectivity index (χ1n) is 6.38. The van der Waals surface area contributed by atoms with E-state index >= 15 is 0 Å². The van der Waals surface area contributed by atoms with Crippen LogP contribution in [0.2, 0.25) is 5.02 Å². The van der Waals surface area contributed by atoms with Gasteiger partial charge in [-0.2, -0.15) is 0 Å². The minimum atomic E-state index is -0.354. The summed E-state index contributed by atoms with van der Waals surface area (Å²) in [7, 11) is 0. The molecule has 0 spiro atoms. The van der Waals surface area contributed by atoms with Crippen molar-refractivity contribution >= 4 is 29.7 Å². The van der Waals surface area contributed by atoms with Gasteiger partial charge in [0.05, 0.1) is 4.92 Å². The van der Waals surface area contributed by atoms with Crippen molar-refractivity contribution in [2.45, 2.75) is 25.9 Å². The molecule has 7 heteroatoms. The molecule has 1 heterocycles. The number of nitrogens with zero attached hydrogens (tertiary/aromatic N) is 2. The molecule has 2 atom stereocenters. The van der Waals surface area contributed by atoms with Gasteiger partial charge in [-0.3, -0.25) is 15.0 Å². The lowest BCUT2D eigenvalue weighted by Crippen LogP contribution is -2.27. The monoisotopic (exact) mass is 319 g/mol. The Kier molecular flexibility index (Phi) is 6.20. The molecule has 2 unspecified atom stereocenters. The van der Waals surface area contributed by atoms with Gasteiger partial charge in [0.15, 0.2) is 0 Å². The Labute approximate surface area is 129 Å². The summed E-state index contributed by atoms with van der Waals surface area (Å²) < 4.78 is 0. The summed E-state index contributed by atoms with van der Waals surface area (Å²) in [6.07, 6.45) is 1.05. The normalized spacial score (nSPS) is 22.6. The van der Waals surface area contributed by atoms with Crippen LogP contribution in [0.1, 0.15) is 18.9 Å². The maximum absolute atomic E-state index is 11.0. The van der Waals surface area contributed by atoms with Gasteiger partial charge in [0.25, 0.3) is 5.69 Å². The predicted molar refractivity (Wildman–Crippen MR) is 82.4 cm³/mol. The number of nitro benzene ring substituents is 1. The lowest BCUT2D eigenvalue weighted by Gasteiger charge is -2.21. The van der Waals surface area contributed by atoms with Crippen LogP contribution >= 0.6 is 24.0 Å². The second-order valence-electron chi connectivity index (χ2n) is 5.15. The highest BCUT2D eigenvalue weighted by atomic mass is 35.5. The third-order valence-corrected chi connectivity index (χ3v) is 3.97. The molecule has 5 nitrogen and oxygen atoms in total. The molecular formula is C13H19Cl2N3O2. The second-order valence-corrected chi connectivity index (χ2v) is 5.58. The fourth-order valence-corrected chi connectivity index (χ4v) is 2.88. The quantitative estimate of drug-likeness (QED) is 0.684. The molecule has 2 N–H and O–H groups in total. The van der Waals surface area contributed by atoms with Crippen LogP contribution in [0.5, 0.6) is 0 Å². The summed E-state index contributed by atoms with van der Waals surface area (Å²) in [6, 6.07) is 5.10. The van der Waals surface area contributed by atoms with Crippen LogP contribution in [0.4, 0.5) is 5.69 Å². The molecule has 112 valence electrons. The Balaban J connectivity index is 0.00000200. The van der Waals surface area contributed by atoms with E-state index in [1.165, 1.54) is 6.07 Å². The molecule has 0 saturated carbocycles.